The molecule has 0 unspecified atom stereocenters. The summed E-state index contributed by atoms with van der Waals surface area (Å²) in [6.07, 6.45) is 8.10. The zero-order valence-corrected chi connectivity index (χ0v) is 19.3. The summed E-state index contributed by atoms with van der Waals surface area (Å²) in [6, 6.07) is 3.84. The van der Waals surface area contributed by atoms with E-state index in [1.807, 2.05) is 26.0 Å². The zero-order chi connectivity index (χ0) is 21.8. The lowest BCUT2D eigenvalue weighted by Gasteiger charge is -2.63. The smallest absolute Gasteiger partial charge is 0.163 e. The van der Waals surface area contributed by atoms with Crippen LogP contribution in [-0.4, -0.2) is 34.3 Å². The third kappa shape index (κ3) is 2.58. The highest BCUT2D eigenvalue weighted by Gasteiger charge is 2.71. The Morgan fingerprint density at radius 1 is 0.903 bits per heavy atom. The van der Waals surface area contributed by atoms with E-state index in [0.717, 1.165) is 50.7 Å². The predicted octanol–water partition coefficient (Wildman–Crippen LogP) is 4.61. The molecule has 0 amide bonds. The third-order valence-corrected chi connectivity index (χ3v) is 10.6. The minimum absolute atomic E-state index is 0.0239. The molecule has 0 aromatic carbocycles. The number of furan rings is 1. The lowest BCUT2D eigenvalue weighted by atomic mass is 9.43. The first-order chi connectivity index (χ1) is 14.6. The van der Waals surface area contributed by atoms with Crippen molar-refractivity contribution in [2.75, 3.05) is 0 Å². The molecule has 0 spiro atoms. The van der Waals surface area contributed by atoms with Crippen molar-refractivity contribution >= 4 is 0 Å². The monoisotopic (exact) mass is 430 g/mol. The van der Waals surface area contributed by atoms with Gasteiger partial charge in [-0.1, -0.05) is 13.8 Å². The van der Waals surface area contributed by atoms with Crippen molar-refractivity contribution in [3.05, 3.63) is 24.2 Å². The van der Waals surface area contributed by atoms with Gasteiger partial charge in [0.2, 0.25) is 0 Å². The second-order valence-corrected chi connectivity index (χ2v) is 12.2. The molecule has 5 aliphatic rings. The van der Waals surface area contributed by atoms with E-state index in [9.17, 15) is 10.2 Å². The summed E-state index contributed by atoms with van der Waals surface area (Å²) in [7, 11) is 0. The number of hydrogen-bond donors (Lipinski definition) is 2. The molecule has 1 saturated heterocycles. The van der Waals surface area contributed by atoms with E-state index in [1.54, 1.807) is 6.26 Å². The van der Waals surface area contributed by atoms with E-state index in [1.165, 1.54) is 0 Å². The summed E-state index contributed by atoms with van der Waals surface area (Å²) >= 11 is 0. The van der Waals surface area contributed by atoms with Crippen LogP contribution in [0.2, 0.25) is 0 Å². The highest BCUT2D eigenvalue weighted by molar-refractivity contribution is 5.24. The summed E-state index contributed by atoms with van der Waals surface area (Å²) < 4.78 is 19.0. The van der Waals surface area contributed by atoms with Crippen LogP contribution < -0.4 is 0 Å². The first kappa shape index (κ1) is 20.7. The quantitative estimate of drug-likeness (QED) is 0.681. The summed E-state index contributed by atoms with van der Waals surface area (Å²) in [5, 5.41) is 22.5. The van der Waals surface area contributed by atoms with E-state index in [4.69, 9.17) is 13.9 Å². The Morgan fingerprint density at radius 2 is 1.65 bits per heavy atom. The van der Waals surface area contributed by atoms with Gasteiger partial charge in [0, 0.05) is 5.41 Å². The molecule has 2 N–H and O–H groups in total. The molecule has 1 aromatic heterocycles. The fourth-order valence-electron chi connectivity index (χ4n) is 9.10. The van der Waals surface area contributed by atoms with E-state index < -0.39 is 11.4 Å². The van der Waals surface area contributed by atoms with Gasteiger partial charge >= 0.3 is 0 Å². The molecule has 5 nitrogen and oxygen atoms in total. The van der Waals surface area contributed by atoms with Crippen molar-refractivity contribution in [3.8, 4) is 0 Å². The maximum Gasteiger partial charge on any atom is 0.163 e. The Kier molecular flexibility index (Phi) is 4.26. The third-order valence-electron chi connectivity index (χ3n) is 10.6. The number of ether oxygens (including phenoxy) is 2. The Morgan fingerprint density at radius 3 is 2.39 bits per heavy atom. The van der Waals surface area contributed by atoms with E-state index in [0.29, 0.717) is 23.7 Å². The van der Waals surface area contributed by atoms with Crippen molar-refractivity contribution in [1.29, 1.82) is 0 Å². The van der Waals surface area contributed by atoms with Gasteiger partial charge < -0.3 is 24.1 Å². The Labute approximate surface area is 185 Å². The van der Waals surface area contributed by atoms with Gasteiger partial charge in [-0.3, -0.25) is 0 Å². The molecular weight excluding hydrogens is 392 g/mol. The molecule has 5 heteroatoms. The van der Waals surface area contributed by atoms with E-state index >= 15 is 0 Å². The first-order valence-electron chi connectivity index (χ1n) is 12.4. The largest absolute Gasteiger partial charge is 0.466 e. The van der Waals surface area contributed by atoms with Crippen LogP contribution >= 0.6 is 0 Å². The molecule has 1 aromatic rings. The summed E-state index contributed by atoms with van der Waals surface area (Å²) in [6.45, 7) is 8.82. The van der Waals surface area contributed by atoms with Crippen molar-refractivity contribution < 1.29 is 24.1 Å². The topological polar surface area (TPSA) is 72.1 Å². The SMILES string of the molecule is CC1(C)O[C@H]2[C@H](O1)[C@H]1C[C@@H](O)CC[C@]1(C)[C@H]1CC[C@@]3(C)[C@@H](CC[C@@]3(O)c3ccco3)[C@H]21. The molecule has 0 radical (unpaired) electrons. The van der Waals surface area contributed by atoms with Gasteiger partial charge in [0.1, 0.15) is 11.4 Å². The van der Waals surface area contributed by atoms with Crippen LogP contribution in [0.1, 0.15) is 78.4 Å². The summed E-state index contributed by atoms with van der Waals surface area (Å²) in [4.78, 5) is 0. The molecular formula is C26H38O5. The number of rotatable bonds is 1. The fraction of sp³-hybridized carbons (Fsp3) is 0.846. The number of aliphatic hydroxyl groups is 2. The lowest BCUT2D eigenvalue weighted by Crippen LogP contribution is -2.64. The standard InChI is InChI=1S/C26H38O5/c1-23(2)30-21-18-14-15(27)7-10-24(18,3)16-8-11-25(4)17(20(16)22(21)31-23)9-12-26(25,28)19-6-5-13-29-19/h5-6,13,15-18,20-22,27-28H,7-12,14H2,1-4H3/t15-,16-,17-,18+,20+,21+,22+,24+,25-,26+/m0/s1. The van der Waals surface area contributed by atoms with Crippen molar-refractivity contribution in [1.82, 2.24) is 0 Å². The number of fused-ring (bicyclic) bond motifs is 8. The molecule has 4 aliphatic carbocycles. The fourth-order valence-corrected chi connectivity index (χ4v) is 9.10. The molecule has 0 bridgehead atoms. The average Bonchev–Trinajstić information content (AvgIpc) is 3.41. The molecule has 31 heavy (non-hydrogen) atoms. The van der Waals surface area contributed by atoms with Crippen LogP contribution in [0, 0.1) is 34.5 Å². The Bertz CT molecular complexity index is 850. The first-order valence-corrected chi connectivity index (χ1v) is 12.4. The molecule has 6 rings (SSSR count). The second-order valence-electron chi connectivity index (χ2n) is 12.2. The minimum Gasteiger partial charge on any atom is -0.466 e. The van der Waals surface area contributed by atoms with Gasteiger partial charge in [-0.25, -0.2) is 0 Å². The summed E-state index contributed by atoms with van der Waals surface area (Å²) in [5.41, 5.74) is -0.997. The molecule has 10 atom stereocenters. The zero-order valence-electron chi connectivity index (χ0n) is 19.3. The molecule has 1 aliphatic heterocycles. The van der Waals surface area contributed by atoms with Gasteiger partial charge in [0.15, 0.2) is 5.79 Å². The number of hydrogen-bond acceptors (Lipinski definition) is 5. The van der Waals surface area contributed by atoms with E-state index in [-0.39, 0.29) is 29.1 Å². The van der Waals surface area contributed by atoms with Crippen molar-refractivity contribution in [3.63, 3.8) is 0 Å². The van der Waals surface area contributed by atoms with Crippen molar-refractivity contribution in [2.45, 2.75) is 102 Å². The molecule has 2 heterocycles. The molecule has 5 fully saturated rings. The molecule has 172 valence electrons. The van der Waals surface area contributed by atoms with Crippen LogP contribution in [-0.2, 0) is 15.1 Å². The minimum atomic E-state index is -0.920. The summed E-state index contributed by atoms with van der Waals surface area (Å²) in [5.74, 6) is 1.73. The van der Waals surface area contributed by atoms with Crippen molar-refractivity contribution in [2.24, 2.45) is 34.5 Å². The van der Waals surface area contributed by atoms with Gasteiger partial charge in [-0.2, -0.15) is 0 Å². The van der Waals surface area contributed by atoms with Gasteiger partial charge in [0.25, 0.3) is 0 Å². The van der Waals surface area contributed by atoms with Crippen LogP contribution in [0.25, 0.3) is 0 Å². The highest BCUT2D eigenvalue weighted by Crippen LogP contribution is 2.71. The van der Waals surface area contributed by atoms with Crippen LogP contribution in [0.5, 0.6) is 0 Å². The van der Waals surface area contributed by atoms with Gasteiger partial charge in [-0.05, 0) is 100 Å². The normalized spacial score (nSPS) is 55.2. The Hall–Kier alpha value is -0.880. The maximum absolute atomic E-state index is 12.0. The highest BCUT2D eigenvalue weighted by atomic mass is 16.8. The lowest BCUT2D eigenvalue weighted by molar-refractivity contribution is -0.208. The second kappa shape index (κ2) is 6.37. The molecule has 4 saturated carbocycles. The predicted molar refractivity (Wildman–Crippen MR) is 115 cm³/mol. The number of aliphatic hydroxyl groups excluding tert-OH is 1. The van der Waals surface area contributed by atoms with Crippen LogP contribution in [0.3, 0.4) is 0 Å². The average molecular weight is 431 g/mol. The van der Waals surface area contributed by atoms with Gasteiger partial charge in [0.05, 0.1) is 24.6 Å². The van der Waals surface area contributed by atoms with Gasteiger partial charge in [-0.15, -0.1) is 0 Å². The van der Waals surface area contributed by atoms with Crippen LogP contribution in [0.15, 0.2) is 22.8 Å². The Balaban J connectivity index is 1.44. The maximum atomic E-state index is 12.0. The van der Waals surface area contributed by atoms with Crippen LogP contribution in [0.4, 0.5) is 0 Å². The van der Waals surface area contributed by atoms with E-state index in [2.05, 4.69) is 13.8 Å².